The smallest absolute Gasteiger partial charge is 0.138 e. The lowest BCUT2D eigenvalue weighted by Crippen LogP contribution is -2.11. The Bertz CT molecular complexity index is 478. The molecule has 1 aliphatic carbocycles. The fourth-order valence-electron chi connectivity index (χ4n) is 2.39. The van der Waals surface area contributed by atoms with Gasteiger partial charge in [-0.3, -0.25) is 4.79 Å². The molecule has 1 aromatic rings. The summed E-state index contributed by atoms with van der Waals surface area (Å²) in [6.07, 6.45) is 5.71. The Balaban J connectivity index is 1.79. The number of ether oxygens (including phenoxy) is 1. The molecule has 2 rings (SSSR count). The minimum atomic E-state index is 0.0204. The van der Waals surface area contributed by atoms with Gasteiger partial charge in [0.05, 0.1) is 11.6 Å². The van der Waals surface area contributed by atoms with Crippen LogP contribution in [0.5, 0.6) is 5.75 Å². The highest BCUT2D eigenvalue weighted by molar-refractivity contribution is 6.32. The van der Waals surface area contributed by atoms with Crippen molar-refractivity contribution in [2.45, 2.75) is 52.4 Å². The van der Waals surface area contributed by atoms with Gasteiger partial charge in [0.2, 0.25) is 0 Å². The highest BCUT2D eigenvalue weighted by Gasteiger charge is 2.43. The van der Waals surface area contributed by atoms with Crippen LogP contribution in [0.1, 0.15) is 51.5 Å². The molecule has 0 bridgehead atoms. The van der Waals surface area contributed by atoms with Crippen molar-refractivity contribution in [1.29, 1.82) is 0 Å². The second kappa shape index (κ2) is 6.62. The van der Waals surface area contributed by atoms with Crippen molar-refractivity contribution in [3.63, 3.8) is 0 Å². The van der Waals surface area contributed by atoms with E-state index >= 15 is 0 Å². The lowest BCUT2D eigenvalue weighted by molar-refractivity contribution is -0.123. The van der Waals surface area contributed by atoms with Gasteiger partial charge in [-0.1, -0.05) is 30.7 Å². The molecule has 20 heavy (non-hydrogen) atoms. The normalized spacial score (nSPS) is 15.9. The summed E-state index contributed by atoms with van der Waals surface area (Å²) < 4.78 is 5.49. The third-order valence-electron chi connectivity index (χ3n) is 4.12. The molecule has 2 nitrogen and oxygen atoms in total. The van der Waals surface area contributed by atoms with Crippen LogP contribution in [0.25, 0.3) is 0 Å². The van der Waals surface area contributed by atoms with Crippen LogP contribution in [-0.2, 0) is 11.2 Å². The van der Waals surface area contributed by atoms with E-state index in [1.165, 1.54) is 0 Å². The SMILES string of the molecule is CCOc1cccc(CCCCC(=O)C2(C)CC2)c1Cl. The Morgan fingerprint density at radius 3 is 2.75 bits per heavy atom. The molecule has 110 valence electrons. The molecule has 1 aromatic carbocycles. The number of hydrogen-bond acceptors (Lipinski definition) is 2. The number of carbonyl (C=O) groups excluding carboxylic acids is 1. The molecule has 0 spiro atoms. The molecule has 1 aliphatic rings. The van der Waals surface area contributed by atoms with E-state index in [1.807, 2.05) is 25.1 Å². The summed E-state index contributed by atoms with van der Waals surface area (Å²) >= 11 is 6.32. The Morgan fingerprint density at radius 2 is 2.10 bits per heavy atom. The number of ketones is 1. The Kier molecular flexibility index (Phi) is 5.09. The topological polar surface area (TPSA) is 26.3 Å². The number of benzene rings is 1. The lowest BCUT2D eigenvalue weighted by Gasteiger charge is -2.10. The van der Waals surface area contributed by atoms with Crippen LogP contribution in [0.2, 0.25) is 5.02 Å². The number of Topliss-reactive ketones (excluding diaryl/α,β-unsaturated/α-hetero) is 1. The molecule has 0 N–H and O–H groups in total. The summed E-state index contributed by atoms with van der Waals surface area (Å²) in [5.74, 6) is 1.19. The van der Waals surface area contributed by atoms with E-state index in [2.05, 4.69) is 6.92 Å². The standard InChI is InChI=1S/C17H23ClO2/c1-3-20-14-9-6-8-13(16(14)18)7-4-5-10-15(19)17(2)11-12-17/h6,8-9H,3-5,7,10-12H2,1-2H3. The van der Waals surface area contributed by atoms with Gasteiger partial charge >= 0.3 is 0 Å². The minimum Gasteiger partial charge on any atom is -0.492 e. The van der Waals surface area contributed by atoms with E-state index in [9.17, 15) is 4.79 Å². The average molecular weight is 295 g/mol. The molecule has 1 fully saturated rings. The maximum Gasteiger partial charge on any atom is 0.138 e. The van der Waals surface area contributed by atoms with Crippen LogP contribution in [-0.4, -0.2) is 12.4 Å². The molecule has 0 saturated heterocycles. The monoisotopic (exact) mass is 294 g/mol. The zero-order valence-corrected chi connectivity index (χ0v) is 13.1. The number of aryl methyl sites for hydroxylation is 1. The fourth-order valence-corrected chi connectivity index (χ4v) is 2.66. The lowest BCUT2D eigenvalue weighted by atomic mass is 9.97. The van der Waals surface area contributed by atoms with E-state index in [-0.39, 0.29) is 5.41 Å². The predicted molar refractivity (Wildman–Crippen MR) is 82.5 cm³/mol. The van der Waals surface area contributed by atoms with Crippen molar-refractivity contribution in [2.24, 2.45) is 5.41 Å². The quantitative estimate of drug-likeness (QED) is 0.643. The first kappa shape index (κ1) is 15.4. The summed E-state index contributed by atoms with van der Waals surface area (Å²) in [6.45, 7) is 4.65. The van der Waals surface area contributed by atoms with Gasteiger partial charge in [-0.05, 0) is 50.7 Å². The van der Waals surface area contributed by atoms with E-state index in [0.29, 0.717) is 18.8 Å². The number of halogens is 1. The first-order valence-corrected chi connectivity index (χ1v) is 7.88. The van der Waals surface area contributed by atoms with Crippen molar-refractivity contribution in [3.8, 4) is 5.75 Å². The van der Waals surface area contributed by atoms with Gasteiger partial charge in [0.25, 0.3) is 0 Å². The maximum absolute atomic E-state index is 11.9. The molecule has 0 unspecified atom stereocenters. The number of rotatable bonds is 8. The first-order chi connectivity index (χ1) is 9.57. The van der Waals surface area contributed by atoms with Gasteiger partial charge in [-0.15, -0.1) is 0 Å². The predicted octanol–water partition coefficient (Wildman–Crippen LogP) is 4.82. The molecule has 1 saturated carbocycles. The Morgan fingerprint density at radius 1 is 1.35 bits per heavy atom. The van der Waals surface area contributed by atoms with E-state index in [4.69, 9.17) is 16.3 Å². The van der Waals surface area contributed by atoms with Gasteiger partial charge < -0.3 is 4.74 Å². The van der Waals surface area contributed by atoms with Crippen LogP contribution < -0.4 is 4.74 Å². The molecule has 0 heterocycles. The number of hydrogen-bond donors (Lipinski definition) is 0. The minimum absolute atomic E-state index is 0.0204. The van der Waals surface area contributed by atoms with Gasteiger partial charge in [0.1, 0.15) is 11.5 Å². The Hall–Kier alpha value is -1.02. The first-order valence-electron chi connectivity index (χ1n) is 7.50. The molecular formula is C17H23ClO2. The molecular weight excluding hydrogens is 272 g/mol. The zero-order valence-electron chi connectivity index (χ0n) is 12.4. The van der Waals surface area contributed by atoms with Crippen LogP contribution >= 0.6 is 11.6 Å². The second-order valence-corrected chi connectivity index (χ2v) is 6.23. The summed E-state index contributed by atoms with van der Waals surface area (Å²) in [4.78, 5) is 11.9. The highest BCUT2D eigenvalue weighted by Crippen LogP contribution is 2.46. The van der Waals surface area contributed by atoms with Crippen molar-refractivity contribution in [3.05, 3.63) is 28.8 Å². The van der Waals surface area contributed by atoms with Crippen molar-refractivity contribution >= 4 is 17.4 Å². The van der Waals surface area contributed by atoms with Gasteiger partial charge in [0.15, 0.2) is 0 Å². The Labute approximate surface area is 126 Å². The van der Waals surface area contributed by atoms with E-state index in [1.54, 1.807) is 0 Å². The molecule has 0 aromatic heterocycles. The average Bonchev–Trinajstić information content (AvgIpc) is 3.18. The third-order valence-corrected chi connectivity index (χ3v) is 4.55. The van der Waals surface area contributed by atoms with Gasteiger partial charge in [-0.2, -0.15) is 0 Å². The largest absolute Gasteiger partial charge is 0.492 e. The maximum atomic E-state index is 11.9. The molecule has 3 heteroatoms. The molecule has 0 atom stereocenters. The number of carbonyl (C=O) groups is 1. The van der Waals surface area contributed by atoms with E-state index in [0.717, 1.165) is 48.4 Å². The van der Waals surface area contributed by atoms with Crippen LogP contribution in [0, 0.1) is 5.41 Å². The summed E-state index contributed by atoms with van der Waals surface area (Å²) in [6, 6.07) is 5.91. The molecule has 0 radical (unpaired) electrons. The summed E-state index contributed by atoms with van der Waals surface area (Å²) in [7, 11) is 0. The van der Waals surface area contributed by atoms with Gasteiger partial charge in [0, 0.05) is 11.8 Å². The van der Waals surface area contributed by atoms with Crippen LogP contribution in [0.3, 0.4) is 0 Å². The third kappa shape index (κ3) is 3.76. The van der Waals surface area contributed by atoms with E-state index < -0.39 is 0 Å². The highest BCUT2D eigenvalue weighted by atomic mass is 35.5. The van der Waals surface area contributed by atoms with Crippen LogP contribution in [0.15, 0.2) is 18.2 Å². The number of unbranched alkanes of at least 4 members (excludes halogenated alkanes) is 1. The van der Waals surface area contributed by atoms with Crippen molar-refractivity contribution in [1.82, 2.24) is 0 Å². The van der Waals surface area contributed by atoms with Crippen molar-refractivity contribution < 1.29 is 9.53 Å². The molecule has 0 amide bonds. The second-order valence-electron chi connectivity index (χ2n) is 5.85. The van der Waals surface area contributed by atoms with Crippen LogP contribution in [0.4, 0.5) is 0 Å². The van der Waals surface area contributed by atoms with Gasteiger partial charge in [-0.25, -0.2) is 0 Å². The zero-order chi connectivity index (χ0) is 14.6. The molecule has 0 aliphatic heterocycles. The fraction of sp³-hybridized carbons (Fsp3) is 0.588. The van der Waals surface area contributed by atoms with Crippen molar-refractivity contribution in [2.75, 3.05) is 6.61 Å². The summed E-state index contributed by atoms with van der Waals surface area (Å²) in [5.41, 5.74) is 1.13. The summed E-state index contributed by atoms with van der Waals surface area (Å²) in [5, 5.41) is 0.717.